The topological polar surface area (TPSA) is 13.1 Å². The van der Waals surface area contributed by atoms with E-state index in [0.717, 1.165) is 21.9 Å². The molecule has 0 fully saturated rings. The summed E-state index contributed by atoms with van der Waals surface area (Å²) in [5, 5.41) is 7.33. The van der Waals surface area contributed by atoms with Crippen molar-refractivity contribution in [2.24, 2.45) is 0 Å². The maximum Gasteiger partial charge on any atom is 0.143 e. The van der Waals surface area contributed by atoms with Gasteiger partial charge in [-0.3, -0.25) is 0 Å². The van der Waals surface area contributed by atoms with Gasteiger partial charge in [-0.1, -0.05) is 139 Å². The summed E-state index contributed by atoms with van der Waals surface area (Å²) >= 11 is 1.87. The average molecular weight is 603 g/mol. The molecule has 1 aliphatic heterocycles. The fourth-order valence-electron chi connectivity index (χ4n) is 7.34. The maximum absolute atomic E-state index is 6.45. The van der Waals surface area contributed by atoms with Gasteiger partial charge in [0.25, 0.3) is 0 Å². The number of hydrogen-bond acceptors (Lipinski definition) is 2. The van der Waals surface area contributed by atoms with Crippen molar-refractivity contribution in [1.82, 2.24) is 0 Å². The van der Waals surface area contributed by atoms with E-state index in [-0.39, 0.29) is 0 Å². The van der Waals surface area contributed by atoms with E-state index in [1.165, 1.54) is 75.8 Å². The summed E-state index contributed by atoms with van der Waals surface area (Å²) in [7, 11) is 0. The highest BCUT2D eigenvalue weighted by atomic mass is 32.2. The zero-order valence-corrected chi connectivity index (χ0v) is 25.6. The van der Waals surface area contributed by atoms with Gasteiger partial charge in [0.15, 0.2) is 0 Å². The first-order chi connectivity index (χ1) is 22.8. The van der Waals surface area contributed by atoms with Crippen LogP contribution in [0.5, 0.6) is 0 Å². The van der Waals surface area contributed by atoms with Crippen LogP contribution in [-0.4, -0.2) is 0 Å². The zero-order chi connectivity index (χ0) is 30.2. The van der Waals surface area contributed by atoms with Gasteiger partial charge in [0.05, 0.1) is 0 Å². The monoisotopic (exact) mass is 602 g/mol. The van der Waals surface area contributed by atoms with Crippen LogP contribution in [0.15, 0.2) is 172 Å². The number of hydrogen-bond donors (Lipinski definition) is 0. The molecule has 1 aromatic heterocycles. The molecule has 2 heterocycles. The number of benzene rings is 8. The molecule has 0 unspecified atom stereocenters. The second kappa shape index (κ2) is 9.97. The van der Waals surface area contributed by atoms with Crippen molar-refractivity contribution in [3.05, 3.63) is 158 Å². The smallest absolute Gasteiger partial charge is 0.143 e. The molecule has 0 spiro atoms. The Hall–Kier alpha value is -5.57. The van der Waals surface area contributed by atoms with Crippen LogP contribution in [0.4, 0.5) is 0 Å². The Labute approximate surface area is 270 Å². The Morgan fingerprint density at radius 3 is 2.07 bits per heavy atom. The first kappa shape index (κ1) is 25.7. The highest BCUT2D eigenvalue weighted by molar-refractivity contribution is 7.99. The molecule has 2 heteroatoms. The second-order valence-electron chi connectivity index (χ2n) is 12.0. The lowest BCUT2D eigenvalue weighted by Gasteiger charge is -2.21. The fraction of sp³-hybridized carbons (Fsp3) is 0. The highest BCUT2D eigenvalue weighted by Crippen LogP contribution is 2.49. The number of furan rings is 1. The van der Waals surface area contributed by atoms with Gasteiger partial charge in [0.2, 0.25) is 0 Å². The van der Waals surface area contributed by atoms with E-state index in [1.807, 2.05) is 11.8 Å². The van der Waals surface area contributed by atoms with Crippen molar-refractivity contribution in [2.75, 3.05) is 0 Å². The third-order valence-electron chi connectivity index (χ3n) is 9.49. The van der Waals surface area contributed by atoms with Crippen LogP contribution in [-0.2, 0) is 0 Å². The molecule has 0 saturated heterocycles. The summed E-state index contributed by atoms with van der Waals surface area (Å²) in [5.74, 6) is 0. The number of rotatable bonds is 3. The van der Waals surface area contributed by atoms with Crippen molar-refractivity contribution in [2.45, 2.75) is 9.79 Å². The van der Waals surface area contributed by atoms with Crippen molar-refractivity contribution >= 4 is 55.2 Å². The van der Waals surface area contributed by atoms with Crippen molar-refractivity contribution in [3.63, 3.8) is 0 Å². The lowest BCUT2D eigenvalue weighted by Crippen LogP contribution is -1.94. The van der Waals surface area contributed by atoms with E-state index in [4.69, 9.17) is 4.42 Å². The summed E-state index contributed by atoms with van der Waals surface area (Å²) in [5.41, 5.74) is 11.8. The quantitative estimate of drug-likeness (QED) is 0.200. The molecular weight excluding hydrogens is 577 g/mol. The minimum atomic E-state index is 0.920. The Morgan fingerprint density at radius 1 is 0.370 bits per heavy atom. The van der Waals surface area contributed by atoms with Gasteiger partial charge in [0.1, 0.15) is 11.2 Å². The molecule has 46 heavy (non-hydrogen) atoms. The molecule has 0 radical (unpaired) electrons. The fourth-order valence-corrected chi connectivity index (χ4v) is 8.46. The zero-order valence-electron chi connectivity index (χ0n) is 24.8. The summed E-state index contributed by atoms with van der Waals surface area (Å²) < 4.78 is 6.45. The molecule has 0 N–H and O–H groups in total. The largest absolute Gasteiger partial charge is 0.455 e. The van der Waals surface area contributed by atoms with Gasteiger partial charge < -0.3 is 4.42 Å². The van der Waals surface area contributed by atoms with Crippen LogP contribution < -0.4 is 0 Å². The molecule has 0 aliphatic carbocycles. The van der Waals surface area contributed by atoms with E-state index >= 15 is 0 Å². The molecular formula is C44H26OS. The summed E-state index contributed by atoms with van der Waals surface area (Å²) in [4.78, 5) is 2.65. The van der Waals surface area contributed by atoms with Crippen LogP contribution in [0, 0.1) is 0 Å². The molecule has 8 aromatic carbocycles. The van der Waals surface area contributed by atoms with Gasteiger partial charge >= 0.3 is 0 Å². The lowest BCUT2D eigenvalue weighted by atomic mass is 9.91. The van der Waals surface area contributed by atoms with Gasteiger partial charge in [-0.2, -0.15) is 0 Å². The Bertz CT molecular complexity index is 2660. The predicted octanol–water partition coefficient (Wildman–Crippen LogP) is 13.0. The van der Waals surface area contributed by atoms with Gasteiger partial charge in [-0.05, 0) is 85.6 Å². The minimum Gasteiger partial charge on any atom is -0.455 e. The van der Waals surface area contributed by atoms with E-state index in [9.17, 15) is 0 Å². The van der Waals surface area contributed by atoms with Gasteiger partial charge in [-0.15, -0.1) is 0 Å². The van der Waals surface area contributed by atoms with Crippen molar-refractivity contribution < 1.29 is 4.42 Å². The van der Waals surface area contributed by atoms with Crippen molar-refractivity contribution in [1.29, 1.82) is 0 Å². The van der Waals surface area contributed by atoms with E-state index in [0.29, 0.717) is 0 Å². The summed E-state index contributed by atoms with van der Waals surface area (Å²) in [6, 6.07) is 57.2. The average Bonchev–Trinajstić information content (AvgIpc) is 3.52. The SMILES string of the molecule is c1cc(-c2ccc(-c3cccc4oc5c6ccccc6ccc5c34)cc2)cc(-c2ccc3c4c(cccc24)-c2ccccc2S3)c1. The molecule has 0 saturated carbocycles. The molecule has 1 nitrogen and oxygen atoms in total. The van der Waals surface area contributed by atoms with Crippen molar-refractivity contribution in [3.8, 4) is 44.5 Å². The Balaban J connectivity index is 1.05. The predicted molar refractivity (Wildman–Crippen MR) is 195 cm³/mol. The van der Waals surface area contributed by atoms with E-state index < -0.39 is 0 Å². The lowest BCUT2D eigenvalue weighted by molar-refractivity contribution is 0.673. The minimum absolute atomic E-state index is 0.920. The third kappa shape index (κ3) is 3.84. The third-order valence-corrected chi connectivity index (χ3v) is 10.6. The Morgan fingerprint density at radius 2 is 1.11 bits per heavy atom. The molecule has 0 bridgehead atoms. The molecule has 9 aromatic rings. The molecule has 214 valence electrons. The Kier molecular flexibility index (Phi) is 5.58. The standard InChI is InChI=1S/C44H26OS/c1-2-11-34-28(8-1)22-23-38-42-33(13-7-16-39(42)45-44(34)38)29-20-18-27(19-21-29)30-9-5-10-31(26-30)32-24-25-41-43-36(32)14-6-15-37(43)35-12-3-4-17-40(35)46-41/h1-26H. The van der Waals surface area contributed by atoms with Gasteiger partial charge in [-0.25, -0.2) is 0 Å². The van der Waals surface area contributed by atoms with E-state index in [1.54, 1.807) is 0 Å². The van der Waals surface area contributed by atoms with Crippen LogP contribution in [0.2, 0.25) is 0 Å². The molecule has 0 atom stereocenters. The summed E-state index contributed by atoms with van der Waals surface area (Å²) in [6.45, 7) is 0. The van der Waals surface area contributed by atoms with Crippen LogP contribution >= 0.6 is 11.8 Å². The van der Waals surface area contributed by atoms with Crippen LogP contribution in [0.3, 0.4) is 0 Å². The second-order valence-corrected chi connectivity index (χ2v) is 13.1. The first-order valence-electron chi connectivity index (χ1n) is 15.7. The first-order valence-corrected chi connectivity index (χ1v) is 16.5. The molecule has 1 aliphatic rings. The molecule has 10 rings (SSSR count). The summed E-state index contributed by atoms with van der Waals surface area (Å²) in [6.07, 6.45) is 0. The van der Waals surface area contributed by atoms with Gasteiger partial charge in [0, 0.05) is 31.3 Å². The normalized spacial score (nSPS) is 12.3. The highest BCUT2D eigenvalue weighted by Gasteiger charge is 2.20. The van der Waals surface area contributed by atoms with Crippen LogP contribution in [0.1, 0.15) is 0 Å². The number of fused-ring (bicyclic) bond motifs is 7. The van der Waals surface area contributed by atoms with E-state index in [2.05, 4.69) is 158 Å². The van der Waals surface area contributed by atoms with Crippen LogP contribution in [0.25, 0.3) is 88.0 Å². The maximum atomic E-state index is 6.45. The molecule has 0 amide bonds.